The molecule has 0 bridgehead atoms. The number of hydrogen-bond acceptors (Lipinski definition) is 3. The highest BCUT2D eigenvalue weighted by molar-refractivity contribution is 7.10. The Kier molecular flexibility index (Phi) is 4.05. The molecule has 1 heterocycles. The third kappa shape index (κ3) is 3.00. The maximum Gasteiger partial charge on any atom is 0.118 e. The number of methoxy groups -OCH3 is 1. The van der Waals surface area contributed by atoms with Gasteiger partial charge in [0.1, 0.15) is 5.75 Å². The van der Waals surface area contributed by atoms with E-state index in [9.17, 15) is 5.11 Å². The molecule has 2 aromatic rings. The van der Waals surface area contributed by atoms with Crippen molar-refractivity contribution in [2.45, 2.75) is 12.5 Å². The summed E-state index contributed by atoms with van der Waals surface area (Å²) < 4.78 is 5.08. The first-order valence-corrected chi connectivity index (χ1v) is 6.50. The highest BCUT2D eigenvalue weighted by atomic mass is 35.5. The Labute approximate surface area is 109 Å². The van der Waals surface area contributed by atoms with Crippen LogP contribution >= 0.6 is 22.9 Å². The van der Waals surface area contributed by atoms with Crippen LogP contribution in [-0.2, 0) is 6.42 Å². The molecule has 4 heteroatoms. The second-order valence-electron chi connectivity index (χ2n) is 3.70. The zero-order valence-corrected chi connectivity index (χ0v) is 11.0. The molecular formula is C13H13ClO2S. The number of aliphatic hydroxyl groups excluding tert-OH is 1. The Morgan fingerprint density at radius 3 is 2.53 bits per heavy atom. The van der Waals surface area contributed by atoms with E-state index in [0.29, 0.717) is 11.4 Å². The lowest BCUT2D eigenvalue weighted by atomic mass is 10.1. The van der Waals surface area contributed by atoms with Crippen LogP contribution in [0.4, 0.5) is 0 Å². The first kappa shape index (κ1) is 12.4. The predicted molar refractivity (Wildman–Crippen MR) is 71.0 cm³/mol. The van der Waals surface area contributed by atoms with E-state index in [0.717, 1.165) is 16.2 Å². The second-order valence-corrected chi connectivity index (χ2v) is 5.06. The van der Waals surface area contributed by atoms with Crippen LogP contribution in [0.25, 0.3) is 0 Å². The zero-order chi connectivity index (χ0) is 12.3. The van der Waals surface area contributed by atoms with E-state index < -0.39 is 6.10 Å². The number of hydrogen-bond donors (Lipinski definition) is 1. The van der Waals surface area contributed by atoms with Crippen molar-refractivity contribution < 1.29 is 9.84 Å². The average Bonchev–Trinajstić information content (AvgIpc) is 2.76. The Morgan fingerprint density at radius 1 is 1.29 bits per heavy atom. The van der Waals surface area contributed by atoms with Crippen molar-refractivity contribution in [3.05, 3.63) is 51.2 Å². The number of rotatable bonds is 4. The second kappa shape index (κ2) is 5.54. The standard InChI is InChI=1S/C13H13ClO2S/c1-16-10-4-2-9(3-5-10)8-12(15)13-11(14)6-7-17-13/h2-7,12,15H,8H2,1H3. The zero-order valence-electron chi connectivity index (χ0n) is 9.39. The monoisotopic (exact) mass is 268 g/mol. The fourth-order valence-electron chi connectivity index (χ4n) is 1.62. The summed E-state index contributed by atoms with van der Waals surface area (Å²) in [6, 6.07) is 9.47. The van der Waals surface area contributed by atoms with E-state index in [-0.39, 0.29) is 0 Å². The summed E-state index contributed by atoms with van der Waals surface area (Å²) >= 11 is 7.46. The molecule has 0 fully saturated rings. The number of halogens is 1. The molecule has 1 aromatic carbocycles. The van der Waals surface area contributed by atoms with Gasteiger partial charge in [-0.1, -0.05) is 23.7 Å². The molecule has 1 atom stereocenters. The molecule has 0 aliphatic rings. The van der Waals surface area contributed by atoms with Crippen LogP contribution in [0.15, 0.2) is 35.7 Å². The Morgan fingerprint density at radius 2 is 2.00 bits per heavy atom. The van der Waals surface area contributed by atoms with Gasteiger partial charge in [0.25, 0.3) is 0 Å². The summed E-state index contributed by atoms with van der Waals surface area (Å²) in [4.78, 5) is 0.822. The maximum atomic E-state index is 10.1. The summed E-state index contributed by atoms with van der Waals surface area (Å²) in [5.74, 6) is 0.817. The first-order chi connectivity index (χ1) is 8.20. The Hall–Kier alpha value is -1.03. The lowest BCUT2D eigenvalue weighted by Crippen LogP contribution is -2.00. The average molecular weight is 269 g/mol. The number of aliphatic hydroxyl groups is 1. The van der Waals surface area contributed by atoms with Gasteiger partial charge in [0.15, 0.2) is 0 Å². The summed E-state index contributed by atoms with van der Waals surface area (Å²) in [7, 11) is 1.63. The molecule has 1 unspecified atom stereocenters. The van der Waals surface area contributed by atoms with E-state index in [4.69, 9.17) is 16.3 Å². The first-order valence-electron chi connectivity index (χ1n) is 5.24. The van der Waals surface area contributed by atoms with E-state index >= 15 is 0 Å². The normalized spacial score (nSPS) is 12.4. The van der Waals surface area contributed by atoms with Crippen molar-refractivity contribution in [3.63, 3.8) is 0 Å². The van der Waals surface area contributed by atoms with Gasteiger partial charge in [0, 0.05) is 6.42 Å². The maximum absolute atomic E-state index is 10.1. The fraction of sp³-hybridized carbons (Fsp3) is 0.231. The molecule has 1 N–H and O–H groups in total. The van der Waals surface area contributed by atoms with Gasteiger partial charge in [-0.25, -0.2) is 0 Å². The Bertz CT molecular complexity index is 478. The number of benzene rings is 1. The van der Waals surface area contributed by atoms with Crippen LogP contribution in [0, 0.1) is 0 Å². The molecule has 0 amide bonds. The molecule has 90 valence electrons. The minimum Gasteiger partial charge on any atom is -0.497 e. The molecule has 0 radical (unpaired) electrons. The number of ether oxygens (including phenoxy) is 1. The third-order valence-corrected chi connectivity index (χ3v) is 4.00. The highest BCUT2D eigenvalue weighted by Gasteiger charge is 2.13. The van der Waals surface area contributed by atoms with Gasteiger partial charge in [0.2, 0.25) is 0 Å². The molecule has 1 aromatic heterocycles. The lowest BCUT2D eigenvalue weighted by Gasteiger charge is -2.10. The van der Waals surface area contributed by atoms with Gasteiger partial charge >= 0.3 is 0 Å². The largest absolute Gasteiger partial charge is 0.497 e. The van der Waals surface area contributed by atoms with E-state index in [2.05, 4.69) is 0 Å². The minimum absolute atomic E-state index is 0.545. The van der Waals surface area contributed by atoms with Crippen molar-refractivity contribution in [1.29, 1.82) is 0 Å². The van der Waals surface area contributed by atoms with E-state index in [1.807, 2.05) is 29.6 Å². The topological polar surface area (TPSA) is 29.5 Å². The molecule has 0 aliphatic carbocycles. The van der Waals surface area contributed by atoms with Crippen molar-refractivity contribution in [3.8, 4) is 5.75 Å². The molecular weight excluding hydrogens is 256 g/mol. The van der Waals surface area contributed by atoms with Gasteiger partial charge in [-0.15, -0.1) is 11.3 Å². The lowest BCUT2D eigenvalue weighted by molar-refractivity contribution is 0.182. The van der Waals surface area contributed by atoms with Gasteiger partial charge in [-0.2, -0.15) is 0 Å². The third-order valence-electron chi connectivity index (χ3n) is 2.54. The molecule has 0 spiro atoms. The van der Waals surface area contributed by atoms with Crippen LogP contribution in [0.5, 0.6) is 5.75 Å². The van der Waals surface area contributed by atoms with Gasteiger partial charge in [-0.3, -0.25) is 0 Å². The van der Waals surface area contributed by atoms with Crippen LogP contribution in [0.1, 0.15) is 16.5 Å². The van der Waals surface area contributed by atoms with Crippen molar-refractivity contribution in [1.82, 2.24) is 0 Å². The van der Waals surface area contributed by atoms with Crippen molar-refractivity contribution in [2.24, 2.45) is 0 Å². The van der Waals surface area contributed by atoms with Crippen LogP contribution < -0.4 is 4.74 Å². The summed E-state index contributed by atoms with van der Waals surface area (Å²) in [5, 5.41) is 12.6. The predicted octanol–water partition coefficient (Wildman–Crippen LogP) is 3.69. The van der Waals surface area contributed by atoms with Gasteiger partial charge < -0.3 is 9.84 Å². The summed E-state index contributed by atoms with van der Waals surface area (Å²) in [5.41, 5.74) is 1.06. The molecule has 17 heavy (non-hydrogen) atoms. The molecule has 2 rings (SSSR count). The van der Waals surface area contributed by atoms with E-state index in [1.54, 1.807) is 13.2 Å². The summed E-state index contributed by atoms with van der Waals surface area (Å²) in [6.45, 7) is 0. The van der Waals surface area contributed by atoms with Crippen LogP contribution in [0.3, 0.4) is 0 Å². The van der Waals surface area contributed by atoms with Crippen LogP contribution in [0.2, 0.25) is 5.02 Å². The van der Waals surface area contributed by atoms with E-state index in [1.165, 1.54) is 11.3 Å². The Balaban J connectivity index is 2.07. The molecule has 0 aliphatic heterocycles. The quantitative estimate of drug-likeness (QED) is 0.916. The van der Waals surface area contributed by atoms with Crippen molar-refractivity contribution >= 4 is 22.9 Å². The molecule has 2 nitrogen and oxygen atoms in total. The van der Waals surface area contributed by atoms with Gasteiger partial charge in [0.05, 0.1) is 23.1 Å². The molecule has 0 saturated heterocycles. The van der Waals surface area contributed by atoms with Crippen molar-refractivity contribution in [2.75, 3.05) is 7.11 Å². The summed E-state index contributed by atoms with van der Waals surface area (Å²) in [6.07, 6.45) is 0.0143. The van der Waals surface area contributed by atoms with Crippen LogP contribution in [-0.4, -0.2) is 12.2 Å². The van der Waals surface area contributed by atoms with Gasteiger partial charge in [-0.05, 0) is 29.1 Å². The molecule has 0 saturated carbocycles. The number of thiophene rings is 1. The fourth-order valence-corrected chi connectivity index (χ4v) is 2.79. The SMILES string of the molecule is COc1ccc(CC(O)c2sccc2Cl)cc1. The minimum atomic E-state index is -0.545. The highest BCUT2D eigenvalue weighted by Crippen LogP contribution is 2.30. The smallest absolute Gasteiger partial charge is 0.118 e.